The molecule has 0 radical (unpaired) electrons. The Balaban J connectivity index is 2.20. The third kappa shape index (κ3) is 3.58. The summed E-state index contributed by atoms with van der Waals surface area (Å²) in [6.07, 6.45) is 2.79. The lowest BCUT2D eigenvalue weighted by Gasteiger charge is -2.14. The zero-order valence-electron chi connectivity index (χ0n) is 11.3. The van der Waals surface area contributed by atoms with Crippen LogP contribution in [0.25, 0.3) is 10.9 Å². The standard InChI is InChI=1S/C14H19BrN4/c1-19(2)7-3-6-17-14-11-8-10(15)4-5-13(11)18-9-12(14)16/h4-5,8-9H,3,6-7,16H2,1-2H3,(H,17,18). The maximum atomic E-state index is 6.03. The second-order valence-electron chi connectivity index (χ2n) is 4.83. The third-order valence-corrected chi connectivity index (χ3v) is 3.44. The molecule has 0 bridgehead atoms. The Bertz CT molecular complexity index is 563. The van der Waals surface area contributed by atoms with Crippen molar-refractivity contribution in [3.05, 3.63) is 28.9 Å². The Kier molecular flexibility index (Phi) is 4.61. The highest BCUT2D eigenvalue weighted by atomic mass is 79.9. The number of nitrogens with two attached hydrogens (primary N) is 1. The van der Waals surface area contributed by atoms with Crippen LogP contribution >= 0.6 is 15.9 Å². The van der Waals surface area contributed by atoms with Gasteiger partial charge in [0.1, 0.15) is 0 Å². The summed E-state index contributed by atoms with van der Waals surface area (Å²) in [5.74, 6) is 0. The van der Waals surface area contributed by atoms with Crippen LogP contribution in [0.2, 0.25) is 0 Å². The van der Waals surface area contributed by atoms with E-state index >= 15 is 0 Å². The number of anilines is 2. The van der Waals surface area contributed by atoms with E-state index in [0.29, 0.717) is 5.69 Å². The molecule has 102 valence electrons. The number of nitrogens with zero attached hydrogens (tertiary/aromatic N) is 2. The number of hydrogen-bond acceptors (Lipinski definition) is 4. The molecular formula is C14H19BrN4. The highest BCUT2D eigenvalue weighted by molar-refractivity contribution is 9.10. The molecule has 1 aromatic carbocycles. The van der Waals surface area contributed by atoms with Crippen LogP contribution in [0.15, 0.2) is 28.9 Å². The predicted molar refractivity (Wildman–Crippen MR) is 85.5 cm³/mol. The maximum Gasteiger partial charge on any atom is 0.0743 e. The molecule has 1 aromatic heterocycles. The van der Waals surface area contributed by atoms with Crippen LogP contribution in [0.4, 0.5) is 11.4 Å². The summed E-state index contributed by atoms with van der Waals surface area (Å²) >= 11 is 3.49. The minimum atomic E-state index is 0.690. The molecule has 0 atom stereocenters. The second kappa shape index (κ2) is 6.21. The van der Waals surface area contributed by atoms with Crippen molar-refractivity contribution in [3.8, 4) is 0 Å². The van der Waals surface area contributed by atoms with Gasteiger partial charge in [0.2, 0.25) is 0 Å². The highest BCUT2D eigenvalue weighted by Crippen LogP contribution is 2.29. The summed E-state index contributed by atoms with van der Waals surface area (Å²) in [5.41, 5.74) is 8.65. The molecule has 5 heteroatoms. The van der Waals surface area contributed by atoms with Crippen LogP contribution in [0.3, 0.4) is 0 Å². The molecule has 19 heavy (non-hydrogen) atoms. The van der Waals surface area contributed by atoms with Gasteiger partial charge in [0.15, 0.2) is 0 Å². The average Bonchev–Trinajstić information content (AvgIpc) is 2.36. The molecule has 4 nitrogen and oxygen atoms in total. The predicted octanol–water partition coefficient (Wildman–Crippen LogP) is 2.94. The van der Waals surface area contributed by atoms with Gasteiger partial charge in [-0.2, -0.15) is 0 Å². The van der Waals surface area contributed by atoms with Crippen molar-refractivity contribution < 1.29 is 0 Å². The Morgan fingerprint density at radius 1 is 1.37 bits per heavy atom. The molecule has 2 aromatic rings. The third-order valence-electron chi connectivity index (χ3n) is 2.94. The summed E-state index contributed by atoms with van der Waals surface area (Å²) in [5, 5.41) is 4.48. The van der Waals surface area contributed by atoms with Gasteiger partial charge < -0.3 is 16.0 Å². The summed E-state index contributed by atoms with van der Waals surface area (Å²) in [6.45, 7) is 1.95. The summed E-state index contributed by atoms with van der Waals surface area (Å²) in [6, 6.07) is 6.03. The van der Waals surface area contributed by atoms with E-state index in [1.807, 2.05) is 18.2 Å². The van der Waals surface area contributed by atoms with E-state index in [-0.39, 0.29) is 0 Å². The molecule has 0 saturated heterocycles. The molecule has 3 N–H and O–H groups in total. The fourth-order valence-electron chi connectivity index (χ4n) is 1.99. The van der Waals surface area contributed by atoms with Crippen molar-refractivity contribution >= 4 is 38.2 Å². The zero-order chi connectivity index (χ0) is 13.8. The average molecular weight is 323 g/mol. The number of fused-ring (bicyclic) bond motifs is 1. The van der Waals surface area contributed by atoms with Crippen molar-refractivity contribution in [1.29, 1.82) is 0 Å². The first-order valence-corrected chi connectivity index (χ1v) is 7.09. The van der Waals surface area contributed by atoms with Gasteiger partial charge in [-0.15, -0.1) is 0 Å². The second-order valence-corrected chi connectivity index (χ2v) is 5.75. The van der Waals surface area contributed by atoms with Crippen molar-refractivity contribution in [2.24, 2.45) is 0 Å². The van der Waals surface area contributed by atoms with E-state index in [4.69, 9.17) is 5.73 Å². The lowest BCUT2D eigenvalue weighted by atomic mass is 10.1. The number of hydrogen-bond donors (Lipinski definition) is 2. The van der Waals surface area contributed by atoms with Gasteiger partial charge >= 0.3 is 0 Å². The van der Waals surface area contributed by atoms with Gasteiger partial charge in [0, 0.05) is 16.4 Å². The number of rotatable bonds is 5. The number of aromatic nitrogens is 1. The Hall–Kier alpha value is -1.33. The number of nitrogens with one attached hydrogen (secondary N) is 1. The molecular weight excluding hydrogens is 304 g/mol. The van der Waals surface area contributed by atoms with Gasteiger partial charge in [-0.1, -0.05) is 15.9 Å². The van der Waals surface area contributed by atoms with Gasteiger partial charge in [-0.05, 0) is 45.3 Å². The van der Waals surface area contributed by atoms with Crippen LogP contribution in [0, 0.1) is 0 Å². The van der Waals surface area contributed by atoms with E-state index < -0.39 is 0 Å². The highest BCUT2D eigenvalue weighted by Gasteiger charge is 2.06. The van der Waals surface area contributed by atoms with Crippen LogP contribution < -0.4 is 11.1 Å². The summed E-state index contributed by atoms with van der Waals surface area (Å²) in [4.78, 5) is 6.52. The first kappa shape index (κ1) is 14.1. The van der Waals surface area contributed by atoms with E-state index in [1.165, 1.54) is 0 Å². The molecule has 0 spiro atoms. The van der Waals surface area contributed by atoms with Crippen molar-refractivity contribution in [3.63, 3.8) is 0 Å². The minimum absolute atomic E-state index is 0.690. The lowest BCUT2D eigenvalue weighted by Crippen LogP contribution is -2.16. The monoisotopic (exact) mass is 322 g/mol. The lowest BCUT2D eigenvalue weighted by molar-refractivity contribution is 0.405. The van der Waals surface area contributed by atoms with Crippen LogP contribution in [0.5, 0.6) is 0 Å². The fourth-order valence-corrected chi connectivity index (χ4v) is 2.35. The summed E-state index contributed by atoms with van der Waals surface area (Å²) < 4.78 is 1.03. The van der Waals surface area contributed by atoms with E-state index in [0.717, 1.165) is 40.6 Å². The molecule has 0 aliphatic heterocycles. The molecule has 0 unspecified atom stereocenters. The van der Waals surface area contributed by atoms with Crippen molar-refractivity contribution in [1.82, 2.24) is 9.88 Å². The molecule has 2 rings (SSSR count). The van der Waals surface area contributed by atoms with Gasteiger partial charge in [-0.3, -0.25) is 4.98 Å². The number of pyridine rings is 1. The first-order chi connectivity index (χ1) is 9.08. The number of nitrogen functional groups attached to an aromatic ring is 1. The Morgan fingerprint density at radius 3 is 2.89 bits per heavy atom. The van der Waals surface area contributed by atoms with Crippen molar-refractivity contribution in [2.45, 2.75) is 6.42 Å². The largest absolute Gasteiger partial charge is 0.396 e. The number of benzene rings is 1. The number of halogens is 1. The van der Waals surface area contributed by atoms with Crippen LogP contribution in [0.1, 0.15) is 6.42 Å². The first-order valence-electron chi connectivity index (χ1n) is 6.30. The molecule has 0 amide bonds. The summed E-state index contributed by atoms with van der Waals surface area (Å²) in [7, 11) is 4.15. The molecule has 1 heterocycles. The zero-order valence-corrected chi connectivity index (χ0v) is 12.9. The maximum absolute atomic E-state index is 6.03. The smallest absolute Gasteiger partial charge is 0.0743 e. The normalized spacial score (nSPS) is 11.2. The quantitative estimate of drug-likeness (QED) is 0.831. The molecule has 0 aliphatic carbocycles. The molecule has 0 aliphatic rings. The van der Waals surface area contributed by atoms with Gasteiger partial charge in [0.25, 0.3) is 0 Å². The Labute approximate surface area is 122 Å². The van der Waals surface area contributed by atoms with E-state index in [1.54, 1.807) is 6.20 Å². The molecule has 0 saturated carbocycles. The fraction of sp³-hybridized carbons (Fsp3) is 0.357. The van der Waals surface area contributed by atoms with Gasteiger partial charge in [-0.25, -0.2) is 0 Å². The topological polar surface area (TPSA) is 54.2 Å². The van der Waals surface area contributed by atoms with E-state index in [9.17, 15) is 0 Å². The Morgan fingerprint density at radius 2 is 2.16 bits per heavy atom. The van der Waals surface area contributed by atoms with E-state index in [2.05, 4.69) is 45.2 Å². The van der Waals surface area contributed by atoms with Crippen molar-refractivity contribution in [2.75, 3.05) is 38.2 Å². The minimum Gasteiger partial charge on any atom is -0.396 e. The van der Waals surface area contributed by atoms with Crippen LogP contribution in [-0.4, -0.2) is 37.1 Å². The van der Waals surface area contributed by atoms with Crippen LogP contribution in [-0.2, 0) is 0 Å². The van der Waals surface area contributed by atoms with Gasteiger partial charge in [0.05, 0.1) is 23.1 Å². The molecule has 0 fully saturated rings. The SMILES string of the molecule is CN(C)CCCNc1c(N)cnc2ccc(Br)cc12.